The van der Waals surface area contributed by atoms with Crippen molar-refractivity contribution in [3.8, 4) is 6.07 Å². The molecule has 0 aliphatic heterocycles. The second-order valence-electron chi connectivity index (χ2n) is 3.92. The van der Waals surface area contributed by atoms with Crippen LogP contribution >= 0.6 is 11.8 Å². The van der Waals surface area contributed by atoms with Crippen molar-refractivity contribution in [1.82, 2.24) is 9.78 Å². The maximum absolute atomic E-state index is 9.26. The third kappa shape index (κ3) is 2.34. The zero-order valence-electron chi connectivity index (χ0n) is 10.6. The number of hydrogen-bond acceptors (Lipinski definition) is 4. The van der Waals surface area contributed by atoms with E-state index in [0.29, 0.717) is 5.56 Å². The fourth-order valence-electron chi connectivity index (χ4n) is 1.79. The van der Waals surface area contributed by atoms with E-state index in [0.717, 1.165) is 22.0 Å². The Bertz CT molecular complexity index is 610. The van der Waals surface area contributed by atoms with Gasteiger partial charge < -0.3 is 5.32 Å². The second-order valence-corrected chi connectivity index (χ2v) is 4.77. The number of nitriles is 1. The third-order valence-corrected chi connectivity index (χ3v) is 3.42. The van der Waals surface area contributed by atoms with Crippen LogP contribution in [0.3, 0.4) is 0 Å². The Morgan fingerprint density at radius 2 is 2.17 bits per heavy atom. The summed E-state index contributed by atoms with van der Waals surface area (Å²) in [6.07, 6.45) is 3.87. The Labute approximate surface area is 111 Å². The molecule has 0 spiro atoms. The highest BCUT2D eigenvalue weighted by molar-refractivity contribution is 7.98. The number of anilines is 2. The van der Waals surface area contributed by atoms with E-state index in [1.807, 2.05) is 44.6 Å². The van der Waals surface area contributed by atoms with Crippen molar-refractivity contribution >= 4 is 23.1 Å². The van der Waals surface area contributed by atoms with Crippen molar-refractivity contribution in [3.05, 3.63) is 35.7 Å². The van der Waals surface area contributed by atoms with Crippen LogP contribution in [0.4, 0.5) is 11.4 Å². The van der Waals surface area contributed by atoms with Gasteiger partial charge in [-0.25, -0.2) is 0 Å². The molecule has 0 aliphatic carbocycles. The van der Waals surface area contributed by atoms with Crippen molar-refractivity contribution in [2.45, 2.75) is 11.8 Å². The molecule has 0 aliphatic rings. The maximum atomic E-state index is 9.26. The summed E-state index contributed by atoms with van der Waals surface area (Å²) in [5.74, 6) is 0. The first kappa shape index (κ1) is 12.5. The van der Waals surface area contributed by atoms with E-state index in [2.05, 4.69) is 16.5 Å². The minimum atomic E-state index is 0.674. The van der Waals surface area contributed by atoms with Crippen molar-refractivity contribution in [2.24, 2.45) is 7.05 Å². The van der Waals surface area contributed by atoms with Crippen LogP contribution in [0.5, 0.6) is 0 Å². The molecule has 0 fully saturated rings. The van der Waals surface area contributed by atoms with Gasteiger partial charge >= 0.3 is 0 Å². The minimum Gasteiger partial charge on any atom is -0.352 e. The largest absolute Gasteiger partial charge is 0.352 e. The summed E-state index contributed by atoms with van der Waals surface area (Å²) in [4.78, 5) is 0.976. The standard InChI is InChI=1S/C13H14N4S/c1-9-12(8-17(2)16-9)15-11-5-4-6-13(18-3)10(11)7-14/h4-6,8,15H,1-3H3. The van der Waals surface area contributed by atoms with Crippen molar-refractivity contribution in [3.63, 3.8) is 0 Å². The molecule has 1 N–H and O–H groups in total. The van der Waals surface area contributed by atoms with Gasteiger partial charge in [0.25, 0.3) is 0 Å². The molecule has 1 aromatic heterocycles. The monoisotopic (exact) mass is 258 g/mol. The SMILES string of the molecule is CSc1cccc(Nc2cn(C)nc2C)c1C#N. The van der Waals surface area contributed by atoms with Crippen LogP contribution in [-0.4, -0.2) is 16.0 Å². The predicted octanol–water partition coefficient (Wildman–Crippen LogP) is 3.07. The van der Waals surface area contributed by atoms with E-state index in [9.17, 15) is 5.26 Å². The lowest BCUT2D eigenvalue weighted by atomic mass is 10.2. The average molecular weight is 258 g/mol. The van der Waals surface area contributed by atoms with Crippen LogP contribution in [0.15, 0.2) is 29.3 Å². The first-order valence-electron chi connectivity index (χ1n) is 5.50. The molecule has 1 heterocycles. The van der Waals surface area contributed by atoms with Crippen molar-refractivity contribution < 1.29 is 0 Å². The summed E-state index contributed by atoms with van der Waals surface area (Å²) < 4.78 is 1.75. The van der Waals surface area contributed by atoms with Crippen LogP contribution in [0.1, 0.15) is 11.3 Å². The van der Waals surface area contributed by atoms with Gasteiger partial charge in [-0.3, -0.25) is 4.68 Å². The summed E-state index contributed by atoms with van der Waals surface area (Å²) in [7, 11) is 1.88. The highest BCUT2D eigenvalue weighted by Crippen LogP contribution is 2.29. The van der Waals surface area contributed by atoms with Gasteiger partial charge in [0.1, 0.15) is 6.07 Å². The van der Waals surface area contributed by atoms with Gasteiger partial charge in [-0.05, 0) is 25.3 Å². The van der Waals surface area contributed by atoms with E-state index >= 15 is 0 Å². The minimum absolute atomic E-state index is 0.674. The lowest BCUT2D eigenvalue weighted by Gasteiger charge is -2.09. The molecule has 0 radical (unpaired) electrons. The molecule has 2 rings (SSSR count). The molecule has 0 amide bonds. The lowest BCUT2D eigenvalue weighted by molar-refractivity contribution is 0.756. The number of thioether (sulfide) groups is 1. The van der Waals surface area contributed by atoms with E-state index in [1.165, 1.54) is 0 Å². The number of aryl methyl sites for hydroxylation is 2. The van der Waals surface area contributed by atoms with Gasteiger partial charge in [-0.15, -0.1) is 11.8 Å². The van der Waals surface area contributed by atoms with Crippen LogP contribution in [0.2, 0.25) is 0 Å². The average Bonchev–Trinajstić information content (AvgIpc) is 2.67. The molecule has 0 saturated heterocycles. The van der Waals surface area contributed by atoms with Crippen LogP contribution in [-0.2, 0) is 7.05 Å². The molecule has 5 heteroatoms. The molecular weight excluding hydrogens is 244 g/mol. The Balaban J connectivity index is 2.41. The molecule has 0 bridgehead atoms. The Kier molecular flexibility index (Phi) is 3.58. The van der Waals surface area contributed by atoms with Crippen LogP contribution in [0, 0.1) is 18.3 Å². The molecule has 0 unspecified atom stereocenters. The molecule has 0 saturated carbocycles. The number of benzene rings is 1. The number of rotatable bonds is 3. The Hall–Kier alpha value is -1.93. The summed E-state index contributed by atoms with van der Waals surface area (Å²) in [5.41, 5.74) is 3.33. The van der Waals surface area contributed by atoms with Gasteiger partial charge in [-0.1, -0.05) is 6.07 Å². The molecular formula is C13H14N4S. The fraction of sp³-hybridized carbons (Fsp3) is 0.231. The number of nitrogens with one attached hydrogen (secondary N) is 1. The van der Waals surface area contributed by atoms with E-state index in [4.69, 9.17) is 0 Å². The van der Waals surface area contributed by atoms with Gasteiger partial charge in [0.2, 0.25) is 0 Å². The van der Waals surface area contributed by atoms with Crippen molar-refractivity contribution in [2.75, 3.05) is 11.6 Å². The number of aromatic nitrogens is 2. The smallest absolute Gasteiger partial charge is 0.103 e. The van der Waals surface area contributed by atoms with Gasteiger partial charge in [-0.2, -0.15) is 10.4 Å². The first-order valence-corrected chi connectivity index (χ1v) is 6.72. The van der Waals surface area contributed by atoms with Gasteiger partial charge in [0, 0.05) is 18.1 Å². The maximum Gasteiger partial charge on any atom is 0.103 e. The molecule has 4 nitrogen and oxygen atoms in total. The topological polar surface area (TPSA) is 53.6 Å². The quantitative estimate of drug-likeness (QED) is 0.860. The zero-order chi connectivity index (χ0) is 13.1. The summed E-state index contributed by atoms with van der Waals surface area (Å²) in [5, 5.41) is 16.8. The molecule has 0 atom stereocenters. The van der Waals surface area contributed by atoms with Crippen molar-refractivity contribution in [1.29, 1.82) is 5.26 Å². The second kappa shape index (κ2) is 5.15. The zero-order valence-corrected chi connectivity index (χ0v) is 11.4. The fourth-order valence-corrected chi connectivity index (χ4v) is 2.36. The molecule has 18 heavy (non-hydrogen) atoms. The highest BCUT2D eigenvalue weighted by Gasteiger charge is 2.09. The van der Waals surface area contributed by atoms with Gasteiger partial charge in [0.05, 0.1) is 22.6 Å². The number of hydrogen-bond donors (Lipinski definition) is 1. The van der Waals surface area contributed by atoms with E-state index < -0.39 is 0 Å². The summed E-state index contributed by atoms with van der Waals surface area (Å²) >= 11 is 1.57. The first-order chi connectivity index (χ1) is 8.65. The molecule has 2 aromatic rings. The normalized spacial score (nSPS) is 10.1. The Morgan fingerprint density at radius 1 is 1.39 bits per heavy atom. The number of nitrogens with zero attached hydrogens (tertiary/aromatic N) is 3. The summed E-state index contributed by atoms with van der Waals surface area (Å²) in [6.45, 7) is 1.94. The third-order valence-electron chi connectivity index (χ3n) is 2.64. The van der Waals surface area contributed by atoms with E-state index in [1.54, 1.807) is 16.4 Å². The predicted molar refractivity (Wildman–Crippen MR) is 74.2 cm³/mol. The van der Waals surface area contributed by atoms with Crippen LogP contribution in [0.25, 0.3) is 0 Å². The van der Waals surface area contributed by atoms with Gasteiger partial charge in [0.15, 0.2) is 0 Å². The van der Waals surface area contributed by atoms with E-state index in [-0.39, 0.29) is 0 Å². The lowest BCUT2D eigenvalue weighted by Crippen LogP contribution is -1.95. The molecule has 1 aromatic carbocycles. The molecule has 92 valence electrons. The van der Waals surface area contributed by atoms with Crippen LogP contribution < -0.4 is 5.32 Å². The highest BCUT2D eigenvalue weighted by atomic mass is 32.2. The summed E-state index contributed by atoms with van der Waals surface area (Å²) in [6, 6.07) is 8.05. The Morgan fingerprint density at radius 3 is 2.72 bits per heavy atom.